The molecule has 3 heteroatoms. The van der Waals surface area contributed by atoms with Gasteiger partial charge in [0, 0.05) is 5.56 Å². The van der Waals surface area contributed by atoms with Gasteiger partial charge in [-0.05, 0) is 19.4 Å². The standard InChI is InChI=1S/C11H14FNO/c1-3-9(2)13-14-8-10-6-4-5-7-11(10)12/h4-7H,3,8H2,1-2H3. The molecule has 2 nitrogen and oxygen atoms in total. The van der Waals surface area contributed by atoms with Crippen molar-refractivity contribution in [2.24, 2.45) is 5.16 Å². The van der Waals surface area contributed by atoms with Crippen LogP contribution in [0.25, 0.3) is 0 Å². The van der Waals surface area contributed by atoms with E-state index in [1.807, 2.05) is 13.8 Å². The van der Waals surface area contributed by atoms with Crippen molar-refractivity contribution < 1.29 is 9.23 Å². The molecule has 0 atom stereocenters. The second kappa shape index (κ2) is 5.37. The molecule has 1 aromatic rings. The predicted octanol–water partition coefficient (Wildman–Crippen LogP) is 3.13. The van der Waals surface area contributed by atoms with Crippen molar-refractivity contribution in [3.8, 4) is 0 Å². The van der Waals surface area contributed by atoms with E-state index in [9.17, 15) is 4.39 Å². The molecule has 0 radical (unpaired) electrons. The van der Waals surface area contributed by atoms with E-state index in [1.54, 1.807) is 18.2 Å². The van der Waals surface area contributed by atoms with Crippen molar-refractivity contribution in [3.05, 3.63) is 35.6 Å². The lowest BCUT2D eigenvalue weighted by Crippen LogP contribution is -1.94. The molecule has 0 aliphatic heterocycles. The highest BCUT2D eigenvalue weighted by molar-refractivity contribution is 5.80. The van der Waals surface area contributed by atoms with Crippen molar-refractivity contribution in [1.29, 1.82) is 0 Å². The summed E-state index contributed by atoms with van der Waals surface area (Å²) >= 11 is 0. The molecular formula is C11H14FNO. The Morgan fingerprint density at radius 2 is 2.14 bits per heavy atom. The highest BCUT2D eigenvalue weighted by Crippen LogP contribution is 2.07. The number of oxime groups is 1. The monoisotopic (exact) mass is 195 g/mol. The molecule has 1 rings (SSSR count). The molecule has 0 amide bonds. The summed E-state index contributed by atoms with van der Waals surface area (Å²) in [6.45, 7) is 4.05. The number of hydrogen-bond acceptors (Lipinski definition) is 2. The fraction of sp³-hybridized carbons (Fsp3) is 0.364. The second-order valence-corrected chi connectivity index (χ2v) is 3.04. The maximum Gasteiger partial charge on any atom is 0.145 e. The Labute approximate surface area is 83.4 Å². The summed E-state index contributed by atoms with van der Waals surface area (Å²) in [6, 6.07) is 6.53. The van der Waals surface area contributed by atoms with Crippen molar-refractivity contribution in [3.63, 3.8) is 0 Å². The minimum Gasteiger partial charge on any atom is -0.391 e. The van der Waals surface area contributed by atoms with Crippen LogP contribution in [-0.4, -0.2) is 5.71 Å². The van der Waals surface area contributed by atoms with Crippen LogP contribution in [0.15, 0.2) is 29.4 Å². The fourth-order valence-electron chi connectivity index (χ4n) is 0.892. The van der Waals surface area contributed by atoms with Gasteiger partial charge in [0.2, 0.25) is 0 Å². The lowest BCUT2D eigenvalue weighted by atomic mass is 10.2. The third-order valence-electron chi connectivity index (χ3n) is 1.91. The fourth-order valence-corrected chi connectivity index (χ4v) is 0.892. The van der Waals surface area contributed by atoms with E-state index in [0.717, 1.165) is 12.1 Å². The van der Waals surface area contributed by atoms with Crippen LogP contribution in [-0.2, 0) is 11.4 Å². The summed E-state index contributed by atoms with van der Waals surface area (Å²) in [5.41, 5.74) is 1.43. The van der Waals surface area contributed by atoms with Crippen molar-refractivity contribution in [2.75, 3.05) is 0 Å². The summed E-state index contributed by atoms with van der Waals surface area (Å²) in [5.74, 6) is -0.253. The van der Waals surface area contributed by atoms with Crippen LogP contribution in [0, 0.1) is 5.82 Å². The van der Waals surface area contributed by atoms with Crippen LogP contribution >= 0.6 is 0 Å². The minimum absolute atomic E-state index is 0.185. The van der Waals surface area contributed by atoms with Gasteiger partial charge in [-0.3, -0.25) is 0 Å². The van der Waals surface area contributed by atoms with Gasteiger partial charge in [-0.25, -0.2) is 4.39 Å². The number of halogens is 1. The van der Waals surface area contributed by atoms with Crippen LogP contribution in [0.3, 0.4) is 0 Å². The average molecular weight is 195 g/mol. The van der Waals surface area contributed by atoms with Crippen molar-refractivity contribution in [2.45, 2.75) is 26.9 Å². The lowest BCUT2D eigenvalue weighted by Gasteiger charge is -2.01. The quantitative estimate of drug-likeness (QED) is 0.534. The first-order valence-electron chi connectivity index (χ1n) is 4.63. The highest BCUT2D eigenvalue weighted by atomic mass is 19.1. The molecular weight excluding hydrogens is 181 g/mol. The SMILES string of the molecule is CCC(C)=NOCc1ccccc1F. The Morgan fingerprint density at radius 3 is 2.79 bits per heavy atom. The van der Waals surface area contributed by atoms with Gasteiger partial charge in [0.05, 0.1) is 5.71 Å². The molecule has 0 unspecified atom stereocenters. The maximum atomic E-state index is 13.1. The van der Waals surface area contributed by atoms with Gasteiger partial charge in [0.15, 0.2) is 0 Å². The van der Waals surface area contributed by atoms with Crippen LogP contribution in [0.1, 0.15) is 25.8 Å². The Kier molecular flexibility index (Phi) is 4.11. The Hall–Kier alpha value is -1.38. The molecule has 0 aliphatic carbocycles. The van der Waals surface area contributed by atoms with Crippen molar-refractivity contribution in [1.82, 2.24) is 0 Å². The molecule has 1 aromatic carbocycles. The van der Waals surface area contributed by atoms with E-state index in [2.05, 4.69) is 5.16 Å². The molecule has 0 saturated heterocycles. The molecule has 76 valence electrons. The molecule has 0 aromatic heterocycles. The number of hydrogen-bond donors (Lipinski definition) is 0. The van der Waals surface area contributed by atoms with Crippen LogP contribution in [0.2, 0.25) is 0 Å². The van der Waals surface area contributed by atoms with Crippen molar-refractivity contribution >= 4 is 5.71 Å². The van der Waals surface area contributed by atoms with Gasteiger partial charge < -0.3 is 4.84 Å². The van der Waals surface area contributed by atoms with Crippen LogP contribution in [0.4, 0.5) is 4.39 Å². The van der Waals surface area contributed by atoms with Gasteiger partial charge in [-0.2, -0.15) is 0 Å². The highest BCUT2D eigenvalue weighted by Gasteiger charge is 1.99. The van der Waals surface area contributed by atoms with E-state index in [1.165, 1.54) is 6.07 Å². The smallest absolute Gasteiger partial charge is 0.145 e. The zero-order chi connectivity index (χ0) is 10.4. The predicted molar refractivity (Wildman–Crippen MR) is 54.6 cm³/mol. The number of benzene rings is 1. The molecule has 0 heterocycles. The molecule has 0 spiro atoms. The number of nitrogens with zero attached hydrogens (tertiary/aromatic N) is 1. The Balaban J connectivity index is 2.50. The Bertz CT molecular complexity index is 323. The van der Waals surface area contributed by atoms with Crippen LogP contribution in [0.5, 0.6) is 0 Å². The summed E-state index contributed by atoms with van der Waals surface area (Å²) in [5, 5.41) is 3.83. The van der Waals surface area contributed by atoms with E-state index < -0.39 is 0 Å². The second-order valence-electron chi connectivity index (χ2n) is 3.04. The first-order valence-corrected chi connectivity index (χ1v) is 4.63. The topological polar surface area (TPSA) is 21.6 Å². The molecule has 0 N–H and O–H groups in total. The molecule has 0 aliphatic rings. The van der Waals surface area contributed by atoms with E-state index in [-0.39, 0.29) is 12.4 Å². The third kappa shape index (κ3) is 3.17. The average Bonchev–Trinajstić information content (AvgIpc) is 2.20. The summed E-state index contributed by atoms with van der Waals surface area (Å²) in [7, 11) is 0. The summed E-state index contributed by atoms with van der Waals surface area (Å²) < 4.78 is 13.1. The van der Waals surface area contributed by atoms with Gasteiger partial charge in [-0.1, -0.05) is 30.3 Å². The van der Waals surface area contributed by atoms with Crippen LogP contribution < -0.4 is 0 Å². The Morgan fingerprint density at radius 1 is 1.43 bits per heavy atom. The molecule has 0 saturated carbocycles. The van der Waals surface area contributed by atoms with Gasteiger partial charge in [0.25, 0.3) is 0 Å². The molecule has 14 heavy (non-hydrogen) atoms. The zero-order valence-electron chi connectivity index (χ0n) is 8.46. The summed E-state index contributed by atoms with van der Waals surface area (Å²) in [6.07, 6.45) is 0.845. The minimum atomic E-state index is -0.253. The largest absolute Gasteiger partial charge is 0.391 e. The maximum absolute atomic E-state index is 13.1. The molecule has 0 bridgehead atoms. The normalized spacial score (nSPS) is 11.5. The first-order chi connectivity index (χ1) is 6.74. The molecule has 0 fully saturated rings. The van der Waals surface area contributed by atoms with Gasteiger partial charge in [-0.15, -0.1) is 0 Å². The zero-order valence-corrected chi connectivity index (χ0v) is 8.46. The number of rotatable bonds is 4. The third-order valence-corrected chi connectivity index (χ3v) is 1.91. The van der Waals surface area contributed by atoms with E-state index >= 15 is 0 Å². The summed E-state index contributed by atoms with van der Waals surface area (Å²) in [4.78, 5) is 5.00. The van der Waals surface area contributed by atoms with Gasteiger partial charge in [0.1, 0.15) is 12.4 Å². The lowest BCUT2D eigenvalue weighted by molar-refractivity contribution is 0.127. The first kappa shape index (κ1) is 10.7. The van der Waals surface area contributed by atoms with E-state index in [4.69, 9.17) is 4.84 Å². The van der Waals surface area contributed by atoms with Gasteiger partial charge >= 0.3 is 0 Å². The van der Waals surface area contributed by atoms with E-state index in [0.29, 0.717) is 5.56 Å².